The highest BCUT2D eigenvalue weighted by Crippen LogP contribution is 2.36. The van der Waals surface area contributed by atoms with Gasteiger partial charge in [0, 0.05) is 6.04 Å². The first-order valence-corrected chi connectivity index (χ1v) is 5.04. The Morgan fingerprint density at radius 2 is 2.36 bits per heavy atom. The van der Waals surface area contributed by atoms with Crippen molar-refractivity contribution < 1.29 is 18.9 Å². The molecule has 0 radical (unpaired) electrons. The van der Waals surface area contributed by atoms with E-state index in [2.05, 4.69) is 9.84 Å². The second-order valence-corrected chi connectivity index (χ2v) is 3.82. The van der Waals surface area contributed by atoms with Crippen LogP contribution in [0, 0.1) is 0 Å². The molecule has 0 saturated carbocycles. The van der Waals surface area contributed by atoms with Gasteiger partial charge in [-0.1, -0.05) is 0 Å². The van der Waals surface area contributed by atoms with Gasteiger partial charge >= 0.3 is 7.82 Å². The minimum absolute atomic E-state index is 0.101. The lowest BCUT2D eigenvalue weighted by Gasteiger charge is -2.10. The van der Waals surface area contributed by atoms with Crippen molar-refractivity contribution in [3.8, 4) is 0 Å². The third kappa shape index (κ3) is 3.84. The highest BCUT2D eigenvalue weighted by atomic mass is 31.2. The van der Waals surface area contributed by atoms with E-state index in [1.807, 2.05) is 0 Å². The van der Waals surface area contributed by atoms with Crippen LogP contribution in [-0.4, -0.2) is 29.0 Å². The molecule has 3 N–H and O–H groups in total. The second kappa shape index (κ2) is 3.65. The van der Waals surface area contributed by atoms with Gasteiger partial charge in [0.15, 0.2) is 0 Å². The SMILES string of the molecule is O=P(O)(O)OC[C@@H]1CCCN1. The van der Waals surface area contributed by atoms with Gasteiger partial charge in [0.25, 0.3) is 0 Å². The van der Waals surface area contributed by atoms with E-state index in [1.165, 1.54) is 0 Å². The lowest BCUT2D eigenvalue weighted by atomic mass is 10.2. The molecular formula is C5H12NO4P. The summed E-state index contributed by atoms with van der Waals surface area (Å²) in [4.78, 5) is 16.7. The summed E-state index contributed by atoms with van der Waals surface area (Å²) >= 11 is 0. The Hall–Kier alpha value is 0.0700. The first-order valence-electron chi connectivity index (χ1n) is 3.51. The van der Waals surface area contributed by atoms with Crippen molar-refractivity contribution in [1.29, 1.82) is 0 Å². The number of hydrogen-bond acceptors (Lipinski definition) is 3. The van der Waals surface area contributed by atoms with E-state index in [-0.39, 0.29) is 12.6 Å². The summed E-state index contributed by atoms with van der Waals surface area (Å²) in [6.07, 6.45) is 1.98. The van der Waals surface area contributed by atoms with E-state index < -0.39 is 7.82 Å². The van der Waals surface area contributed by atoms with Crippen LogP contribution in [0.25, 0.3) is 0 Å². The first kappa shape index (κ1) is 9.16. The summed E-state index contributed by atoms with van der Waals surface area (Å²) in [7, 11) is -4.26. The van der Waals surface area contributed by atoms with Crippen molar-refractivity contribution >= 4 is 7.82 Å². The Morgan fingerprint density at radius 3 is 2.82 bits per heavy atom. The lowest BCUT2D eigenvalue weighted by molar-refractivity contribution is 0.181. The molecule has 1 heterocycles. The molecule has 0 aliphatic carbocycles. The molecule has 1 rings (SSSR count). The molecule has 0 bridgehead atoms. The van der Waals surface area contributed by atoms with Gasteiger partial charge in [-0.2, -0.15) is 0 Å². The molecule has 0 aromatic rings. The van der Waals surface area contributed by atoms with E-state index >= 15 is 0 Å². The summed E-state index contributed by atoms with van der Waals surface area (Å²) in [5.41, 5.74) is 0. The Bertz CT molecular complexity index is 162. The molecule has 5 nitrogen and oxygen atoms in total. The molecule has 1 aliphatic rings. The monoisotopic (exact) mass is 181 g/mol. The number of rotatable bonds is 3. The number of nitrogens with one attached hydrogen (secondary N) is 1. The van der Waals surface area contributed by atoms with Gasteiger partial charge in [-0.25, -0.2) is 4.57 Å². The third-order valence-electron chi connectivity index (χ3n) is 1.61. The van der Waals surface area contributed by atoms with E-state index in [1.54, 1.807) is 0 Å². The van der Waals surface area contributed by atoms with Crippen LogP contribution in [0.3, 0.4) is 0 Å². The summed E-state index contributed by atoms with van der Waals surface area (Å²) in [5.74, 6) is 0. The maximum atomic E-state index is 10.2. The quantitative estimate of drug-likeness (QED) is 0.527. The topological polar surface area (TPSA) is 78.8 Å². The summed E-state index contributed by atoms with van der Waals surface area (Å²) in [5, 5.41) is 3.06. The van der Waals surface area contributed by atoms with Crippen molar-refractivity contribution in [3.05, 3.63) is 0 Å². The van der Waals surface area contributed by atoms with Gasteiger partial charge in [-0.3, -0.25) is 4.52 Å². The van der Waals surface area contributed by atoms with Gasteiger partial charge in [0.05, 0.1) is 6.61 Å². The Morgan fingerprint density at radius 1 is 1.64 bits per heavy atom. The average Bonchev–Trinajstić information content (AvgIpc) is 2.32. The lowest BCUT2D eigenvalue weighted by Crippen LogP contribution is -2.26. The van der Waals surface area contributed by atoms with E-state index in [4.69, 9.17) is 9.79 Å². The molecule has 0 unspecified atom stereocenters. The molecule has 1 atom stereocenters. The standard InChI is InChI=1S/C5H12NO4P/c7-11(8,9)10-4-5-2-1-3-6-5/h5-6H,1-4H2,(H2,7,8,9)/t5-/m0/s1. The molecular weight excluding hydrogens is 169 g/mol. The molecule has 66 valence electrons. The van der Waals surface area contributed by atoms with Gasteiger partial charge in [-0.15, -0.1) is 0 Å². The van der Waals surface area contributed by atoms with Crippen LogP contribution in [0.2, 0.25) is 0 Å². The molecule has 1 fully saturated rings. The molecule has 0 spiro atoms. The van der Waals surface area contributed by atoms with Crippen LogP contribution < -0.4 is 5.32 Å². The highest BCUT2D eigenvalue weighted by molar-refractivity contribution is 7.46. The zero-order valence-electron chi connectivity index (χ0n) is 6.06. The fourth-order valence-electron chi connectivity index (χ4n) is 1.09. The zero-order chi connectivity index (χ0) is 8.32. The second-order valence-electron chi connectivity index (χ2n) is 2.58. The Labute approximate surface area is 65.0 Å². The normalized spacial score (nSPS) is 25.8. The van der Waals surface area contributed by atoms with Gasteiger partial charge in [0.1, 0.15) is 0 Å². The van der Waals surface area contributed by atoms with Crippen molar-refractivity contribution in [2.24, 2.45) is 0 Å². The third-order valence-corrected chi connectivity index (χ3v) is 2.09. The van der Waals surface area contributed by atoms with Crippen LogP contribution >= 0.6 is 7.82 Å². The molecule has 6 heteroatoms. The fourth-order valence-corrected chi connectivity index (χ4v) is 1.46. The molecule has 0 amide bonds. The Balaban J connectivity index is 2.16. The molecule has 1 saturated heterocycles. The zero-order valence-corrected chi connectivity index (χ0v) is 6.96. The number of phosphoric acid groups is 1. The predicted octanol–water partition coefficient (Wildman–Crippen LogP) is -0.152. The van der Waals surface area contributed by atoms with Crippen molar-refractivity contribution in [2.75, 3.05) is 13.2 Å². The fraction of sp³-hybridized carbons (Fsp3) is 1.00. The number of phosphoric ester groups is 1. The van der Waals surface area contributed by atoms with E-state index in [9.17, 15) is 4.57 Å². The Kier molecular flexibility index (Phi) is 3.04. The summed E-state index contributed by atoms with van der Waals surface area (Å²) < 4.78 is 14.5. The van der Waals surface area contributed by atoms with Crippen LogP contribution in [-0.2, 0) is 9.09 Å². The van der Waals surface area contributed by atoms with Crippen LogP contribution in [0.15, 0.2) is 0 Å². The van der Waals surface area contributed by atoms with Crippen molar-refractivity contribution in [3.63, 3.8) is 0 Å². The van der Waals surface area contributed by atoms with E-state index in [0.29, 0.717) is 0 Å². The van der Waals surface area contributed by atoms with Crippen LogP contribution in [0.5, 0.6) is 0 Å². The predicted molar refractivity (Wildman–Crippen MR) is 39.0 cm³/mol. The van der Waals surface area contributed by atoms with Crippen LogP contribution in [0.1, 0.15) is 12.8 Å². The highest BCUT2D eigenvalue weighted by Gasteiger charge is 2.20. The van der Waals surface area contributed by atoms with Gasteiger partial charge in [0.2, 0.25) is 0 Å². The smallest absolute Gasteiger partial charge is 0.312 e. The van der Waals surface area contributed by atoms with Gasteiger partial charge in [-0.05, 0) is 19.4 Å². The van der Waals surface area contributed by atoms with Crippen LogP contribution in [0.4, 0.5) is 0 Å². The first-order chi connectivity index (χ1) is 5.08. The summed E-state index contributed by atoms with van der Waals surface area (Å²) in [6.45, 7) is 1.01. The molecule has 11 heavy (non-hydrogen) atoms. The van der Waals surface area contributed by atoms with Crippen molar-refractivity contribution in [1.82, 2.24) is 5.32 Å². The minimum Gasteiger partial charge on any atom is -0.312 e. The van der Waals surface area contributed by atoms with Gasteiger partial charge < -0.3 is 15.1 Å². The molecule has 0 aromatic heterocycles. The largest absolute Gasteiger partial charge is 0.469 e. The number of hydrogen-bond donors (Lipinski definition) is 3. The maximum absolute atomic E-state index is 10.2. The summed E-state index contributed by atoms with van der Waals surface area (Å²) in [6, 6.07) is 0.114. The van der Waals surface area contributed by atoms with Crippen molar-refractivity contribution in [2.45, 2.75) is 18.9 Å². The maximum Gasteiger partial charge on any atom is 0.469 e. The molecule has 0 aromatic carbocycles. The average molecular weight is 181 g/mol. The van der Waals surface area contributed by atoms with E-state index in [0.717, 1.165) is 19.4 Å². The minimum atomic E-state index is -4.26. The molecule has 1 aliphatic heterocycles.